The molecule has 0 aliphatic carbocycles. The molecule has 0 unspecified atom stereocenters. The highest BCUT2D eigenvalue weighted by Gasteiger charge is 2.15. The molecule has 0 fully saturated rings. The summed E-state index contributed by atoms with van der Waals surface area (Å²) in [5, 5.41) is 17.5. The number of nitrogens with zero attached hydrogens (tertiary/aromatic N) is 2. The molecule has 0 spiro atoms. The molecule has 2 amide bonds. The summed E-state index contributed by atoms with van der Waals surface area (Å²) in [6.45, 7) is 1.82. The van der Waals surface area contributed by atoms with Crippen LogP contribution in [0.25, 0.3) is 0 Å². The number of nitro benzene ring substituents is 1. The minimum absolute atomic E-state index is 0.122. The van der Waals surface area contributed by atoms with Gasteiger partial charge in [-0.2, -0.15) is 5.10 Å². The number of nitro groups is 1. The van der Waals surface area contributed by atoms with Crippen molar-refractivity contribution in [2.75, 3.05) is 18.5 Å². The maximum atomic E-state index is 12.2. The van der Waals surface area contributed by atoms with Gasteiger partial charge in [-0.3, -0.25) is 19.7 Å². The lowest BCUT2D eigenvalue weighted by Gasteiger charge is -2.14. The van der Waals surface area contributed by atoms with Crippen molar-refractivity contribution in [3.8, 4) is 11.5 Å². The van der Waals surface area contributed by atoms with Crippen molar-refractivity contribution in [1.82, 2.24) is 5.43 Å². The molecule has 0 saturated carbocycles. The summed E-state index contributed by atoms with van der Waals surface area (Å²) < 4.78 is 11.2. The first-order chi connectivity index (χ1) is 16.9. The number of hydrogen-bond donors (Lipinski definition) is 2. The molecule has 3 aromatic rings. The van der Waals surface area contributed by atoms with Crippen LogP contribution < -0.4 is 20.2 Å². The fourth-order valence-electron chi connectivity index (χ4n) is 2.89. The predicted molar refractivity (Wildman–Crippen MR) is 131 cm³/mol. The first-order valence-corrected chi connectivity index (χ1v) is 10.8. The second-order valence-corrected chi connectivity index (χ2v) is 7.38. The number of anilines is 1. The number of benzene rings is 3. The molecular weight excluding hydrogens is 476 g/mol. The van der Waals surface area contributed by atoms with Gasteiger partial charge in [-0.05, 0) is 48.9 Å². The van der Waals surface area contributed by atoms with E-state index in [2.05, 4.69) is 15.8 Å². The lowest BCUT2D eigenvalue weighted by molar-refractivity contribution is -0.384. The monoisotopic (exact) mass is 496 g/mol. The van der Waals surface area contributed by atoms with Gasteiger partial charge in [-0.1, -0.05) is 29.8 Å². The molecule has 0 aromatic heterocycles. The number of non-ortho nitro benzene ring substituents is 1. The number of hydrogen-bond acceptors (Lipinski definition) is 7. The van der Waals surface area contributed by atoms with Crippen molar-refractivity contribution in [3.05, 3.63) is 93.0 Å². The maximum absolute atomic E-state index is 12.2. The summed E-state index contributed by atoms with van der Waals surface area (Å²) in [5.74, 6) is -0.412. The Morgan fingerprint density at radius 2 is 1.80 bits per heavy atom. The van der Waals surface area contributed by atoms with Gasteiger partial charge in [0, 0.05) is 23.4 Å². The maximum Gasteiger partial charge on any atom is 0.271 e. The van der Waals surface area contributed by atoms with Crippen LogP contribution in [0.5, 0.6) is 11.5 Å². The van der Waals surface area contributed by atoms with Gasteiger partial charge in [0.15, 0.2) is 18.1 Å². The van der Waals surface area contributed by atoms with Crippen LogP contribution in [0.1, 0.15) is 22.8 Å². The zero-order chi connectivity index (χ0) is 25.2. The zero-order valence-electron chi connectivity index (χ0n) is 18.6. The Bertz CT molecular complexity index is 1230. The number of rotatable bonds is 10. The SMILES string of the molecule is CCOc1cc(/C=N/NC(=O)c2ccc([N+](=O)[O-])cc2)cc(Cl)c1OCC(=O)Nc1ccccc1. The molecule has 0 heterocycles. The Morgan fingerprint density at radius 3 is 2.46 bits per heavy atom. The standard InChI is InChI=1S/C24H21ClN4O6/c1-2-34-21-13-16(14-26-28-24(31)17-8-10-19(11-9-17)29(32)33)12-20(25)23(21)35-15-22(30)27-18-6-4-3-5-7-18/h3-14H,2,15H2,1H3,(H,27,30)(H,28,31)/b26-14+. The van der Waals surface area contributed by atoms with Gasteiger partial charge in [0.25, 0.3) is 17.5 Å². The van der Waals surface area contributed by atoms with Crippen LogP contribution in [-0.2, 0) is 4.79 Å². The second-order valence-electron chi connectivity index (χ2n) is 6.97. The molecule has 0 aliphatic rings. The van der Waals surface area contributed by atoms with Crippen molar-refractivity contribution < 1.29 is 24.0 Å². The lowest BCUT2D eigenvalue weighted by atomic mass is 10.2. The quantitative estimate of drug-likeness (QED) is 0.242. The first kappa shape index (κ1) is 25.2. The van der Waals surface area contributed by atoms with Crippen molar-refractivity contribution in [3.63, 3.8) is 0 Å². The summed E-state index contributed by atoms with van der Waals surface area (Å²) in [4.78, 5) is 34.5. The van der Waals surface area contributed by atoms with Gasteiger partial charge in [0.2, 0.25) is 0 Å². The van der Waals surface area contributed by atoms with E-state index in [0.717, 1.165) is 0 Å². The highest BCUT2D eigenvalue weighted by Crippen LogP contribution is 2.36. The Morgan fingerprint density at radius 1 is 1.09 bits per heavy atom. The Labute approximate surface area is 205 Å². The van der Waals surface area contributed by atoms with Gasteiger partial charge in [-0.15, -0.1) is 0 Å². The molecule has 3 rings (SSSR count). The Hall–Kier alpha value is -4.44. The van der Waals surface area contributed by atoms with Crippen molar-refractivity contribution >= 4 is 41.0 Å². The second kappa shape index (κ2) is 12.1. The summed E-state index contributed by atoms with van der Waals surface area (Å²) >= 11 is 6.35. The van der Waals surface area contributed by atoms with E-state index in [1.165, 1.54) is 36.5 Å². The van der Waals surface area contributed by atoms with Crippen LogP contribution in [0.15, 0.2) is 71.8 Å². The fourth-order valence-corrected chi connectivity index (χ4v) is 3.16. The average Bonchev–Trinajstić information content (AvgIpc) is 2.84. The molecule has 3 aromatic carbocycles. The van der Waals surface area contributed by atoms with E-state index in [-0.39, 0.29) is 34.5 Å². The smallest absolute Gasteiger partial charge is 0.271 e. The fraction of sp³-hybridized carbons (Fsp3) is 0.125. The molecule has 11 heteroatoms. The molecule has 0 aliphatic heterocycles. The normalized spacial score (nSPS) is 10.6. The van der Waals surface area contributed by atoms with Gasteiger partial charge in [-0.25, -0.2) is 5.43 Å². The van der Waals surface area contributed by atoms with Gasteiger partial charge in [0.1, 0.15) is 0 Å². The molecule has 35 heavy (non-hydrogen) atoms. The number of hydrazone groups is 1. The number of carbonyl (C=O) groups is 2. The van der Waals surface area contributed by atoms with E-state index in [9.17, 15) is 19.7 Å². The summed E-state index contributed by atoms with van der Waals surface area (Å²) in [6.07, 6.45) is 1.35. The van der Waals surface area contributed by atoms with E-state index in [1.807, 2.05) is 6.07 Å². The van der Waals surface area contributed by atoms with Crippen molar-refractivity contribution in [2.24, 2.45) is 5.10 Å². The number of nitrogens with one attached hydrogen (secondary N) is 2. The van der Waals surface area contributed by atoms with Crippen LogP contribution in [0, 0.1) is 10.1 Å². The number of carbonyl (C=O) groups excluding carboxylic acids is 2. The van der Waals surface area contributed by atoms with Gasteiger partial charge < -0.3 is 14.8 Å². The van der Waals surface area contributed by atoms with Crippen LogP contribution in [0.2, 0.25) is 5.02 Å². The number of para-hydroxylation sites is 1. The largest absolute Gasteiger partial charge is 0.490 e. The number of ether oxygens (including phenoxy) is 2. The third-order valence-corrected chi connectivity index (χ3v) is 4.74. The van der Waals surface area contributed by atoms with E-state index in [1.54, 1.807) is 37.3 Å². The minimum atomic E-state index is -0.553. The first-order valence-electron chi connectivity index (χ1n) is 10.4. The van der Waals surface area contributed by atoms with Crippen LogP contribution >= 0.6 is 11.6 Å². The molecule has 0 radical (unpaired) electrons. The summed E-state index contributed by atoms with van der Waals surface area (Å²) in [5.41, 5.74) is 3.56. The van der Waals surface area contributed by atoms with Crippen LogP contribution in [-0.4, -0.2) is 36.2 Å². The van der Waals surface area contributed by atoms with Gasteiger partial charge in [0.05, 0.1) is 22.8 Å². The molecular formula is C24H21ClN4O6. The van der Waals surface area contributed by atoms with Gasteiger partial charge >= 0.3 is 0 Å². The highest BCUT2D eigenvalue weighted by atomic mass is 35.5. The highest BCUT2D eigenvalue weighted by molar-refractivity contribution is 6.32. The molecule has 10 nitrogen and oxygen atoms in total. The van der Waals surface area contributed by atoms with E-state index in [0.29, 0.717) is 23.6 Å². The zero-order valence-corrected chi connectivity index (χ0v) is 19.3. The third kappa shape index (κ3) is 7.27. The summed E-state index contributed by atoms with van der Waals surface area (Å²) in [7, 11) is 0. The number of amides is 2. The van der Waals surface area contributed by atoms with Crippen molar-refractivity contribution in [2.45, 2.75) is 6.92 Å². The van der Waals surface area contributed by atoms with E-state index < -0.39 is 10.8 Å². The molecule has 2 N–H and O–H groups in total. The van der Waals surface area contributed by atoms with Crippen LogP contribution in [0.3, 0.4) is 0 Å². The predicted octanol–water partition coefficient (Wildman–Crippen LogP) is 4.43. The van der Waals surface area contributed by atoms with Crippen LogP contribution in [0.4, 0.5) is 11.4 Å². The van der Waals surface area contributed by atoms with Crippen molar-refractivity contribution in [1.29, 1.82) is 0 Å². The molecule has 0 saturated heterocycles. The number of halogens is 1. The third-order valence-electron chi connectivity index (χ3n) is 4.46. The van der Waals surface area contributed by atoms with E-state index in [4.69, 9.17) is 21.1 Å². The Balaban J connectivity index is 1.65. The van der Waals surface area contributed by atoms with E-state index >= 15 is 0 Å². The Kier molecular flexibility index (Phi) is 8.74. The summed E-state index contributed by atoms with van der Waals surface area (Å²) in [6, 6.07) is 17.2. The minimum Gasteiger partial charge on any atom is -0.490 e. The lowest BCUT2D eigenvalue weighted by Crippen LogP contribution is -2.20. The molecule has 180 valence electrons. The average molecular weight is 497 g/mol. The topological polar surface area (TPSA) is 132 Å². The molecule has 0 atom stereocenters. The molecule has 0 bridgehead atoms.